The molecule has 19 heteroatoms. The van der Waals surface area contributed by atoms with E-state index >= 15 is 0 Å². The lowest BCUT2D eigenvalue weighted by Crippen LogP contribution is -2.67. The first-order valence-corrected chi connectivity index (χ1v) is 31.4. The van der Waals surface area contributed by atoms with E-state index in [9.17, 15) is 14.7 Å². The van der Waals surface area contributed by atoms with Gasteiger partial charge < -0.3 is 82.5 Å². The van der Waals surface area contributed by atoms with Crippen molar-refractivity contribution in [2.24, 2.45) is 5.73 Å². The van der Waals surface area contributed by atoms with Gasteiger partial charge in [-0.2, -0.15) is 0 Å². The molecule has 3 saturated heterocycles. The van der Waals surface area contributed by atoms with Gasteiger partial charge in [0.05, 0.1) is 66.1 Å². The zero-order valence-corrected chi connectivity index (χ0v) is 51.9. The minimum Gasteiger partial charge on any atom is -0.457 e. The van der Waals surface area contributed by atoms with Crippen LogP contribution in [0.2, 0.25) is 0 Å². The molecular weight excluding hydrogens is 1180 g/mol. The molecular formula is C73H84N2O17. The third-order valence-electron chi connectivity index (χ3n) is 15.8. The molecule has 0 radical (unpaired) electrons. The number of esters is 2. The second-order valence-electron chi connectivity index (χ2n) is 22.8. The average Bonchev–Trinajstić information content (AvgIpc) is 0.806. The Bertz CT molecular complexity index is 3200. The van der Waals surface area contributed by atoms with Crippen LogP contribution >= 0.6 is 0 Å². The van der Waals surface area contributed by atoms with Gasteiger partial charge in [-0.25, -0.2) is 0 Å². The summed E-state index contributed by atoms with van der Waals surface area (Å²) >= 11 is 0. The summed E-state index contributed by atoms with van der Waals surface area (Å²) in [6.07, 6.45) is -15.8. The van der Waals surface area contributed by atoms with Crippen LogP contribution in [0.1, 0.15) is 53.6 Å². The predicted octanol–water partition coefficient (Wildman–Crippen LogP) is 9.41. The topological polar surface area (TPSA) is 222 Å². The van der Waals surface area contributed by atoms with Crippen molar-refractivity contribution < 1.29 is 81.0 Å². The molecule has 4 N–H and O–H groups in total. The number of carbonyl (C=O) groups excluding carboxylic acids is 2. The highest BCUT2D eigenvalue weighted by molar-refractivity contribution is 5.66. The van der Waals surface area contributed by atoms with Crippen LogP contribution in [-0.2, 0) is 116 Å². The minimum absolute atomic E-state index is 0.00420. The normalized spacial score (nSPS) is 26.4. The number of ether oxygens (including phenoxy) is 14. The lowest BCUT2D eigenvalue weighted by atomic mass is 9.94. The Morgan fingerprint density at radius 2 is 0.783 bits per heavy atom. The van der Waals surface area contributed by atoms with Crippen LogP contribution in [0.25, 0.3) is 0 Å². The van der Waals surface area contributed by atoms with Crippen LogP contribution in [-0.4, -0.2) is 142 Å². The maximum absolute atomic E-state index is 13.5. The van der Waals surface area contributed by atoms with E-state index < -0.39 is 111 Å². The van der Waals surface area contributed by atoms with E-state index in [1.165, 1.54) is 13.8 Å². The molecule has 0 aromatic heterocycles. The second-order valence-corrected chi connectivity index (χ2v) is 22.8. The van der Waals surface area contributed by atoms with Gasteiger partial charge in [0, 0.05) is 19.5 Å². The Morgan fingerprint density at radius 3 is 1.24 bits per heavy atom. The summed E-state index contributed by atoms with van der Waals surface area (Å²) in [5, 5.41) is 16.6. The summed E-state index contributed by atoms with van der Waals surface area (Å²) in [6, 6.07) is 66.2. The maximum atomic E-state index is 13.5. The van der Waals surface area contributed by atoms with Crippen molar-refractivity contribution in [1.29, 1.82) is 0 Å². The fourth-order valence-electron chi connectivity index (χ4n) is 11.3. The van der Waals surface area contributed by atoms with E-state index in [2.05, 4.69) is 5.32 Å². The lowest BCUT2D eigenvalue weighted by molar-refractivity contribution is -0.361. The van der Waals surface area contributed by atoms with Crippen LogP contribution in [0, 0.1) is 0 Å². The van der Waals surface area contributed by atoms with E-state index in [1.807, 2.05) is 212 Å². The van der Waals surface area contributed by atoms with Crippen molar-refractivity contribution >= 4 is 17.6 Å². The van der Waals surface area contributed by atoms with Gasteiger partial charge >= 0.3 is 11.9 Å². The predicted molar refractivity (Wildman–Crippen MR) is 340 cm³/mol. The molecule has 3 heterocycles. The van der Waals surface area contributed by atoms with Crippen LogP contribution in [0.4, 0.5) is 5.69 Å². The SMILES string of the molecule is CC(=O)OC1C(COCc2ccccc2)OC(OCCCN)C(OCc2ccccc2)C1OC1OC(COC2OC(COCc3ccccc3)C(OCc3ccccc3)C(OCc3ccccc3)C2OC(C)=O)C(O)C(OCc2ccccc2)C1Nc1ccccc1. The Kier molecular flexibility index (Phi) is 26.2. The van der Waals surface area contributed by atoms with E-state index in [1.54, 1.807) is 0 Å². The number of para-hydroxylation sites is 1. The number of carbonyl (C=O) groups is 2. The average molecular weight is 1260 g/mol. The van der Waals surface area contributed by atoms with Crippen LogP contribution in [0.3, 0.4) is 0 Å². The third-order valence-corrected chi connectivity index (χ3v) is 15.8. The van der Waals surface area contributed by atoms with Gasteiger partial charge in [-0.1, -0.05) is 200 Å². The molecule has 488 valence electrons. The number of nitrogens with two attached hydrogens (primary N) is 1. The molecule has 15 unspecified atom stereocenters. The van der Waals surface area contributed by atoms with Crippen LogP contribution in [0.15, 0.2) is 212 Å². The van der Waals surface area contributed by atoms with E-state index in [-0.39, 0.29) is 59.5 Å². The highest BCUT2D eigenvalue weighted by atomic mass is 16.8. The summed E-state index contributed by atoms with van der Waals surface area (Å²) in [5.41, 5.74) is 11.9. The molecule has 3 aliphatic heterocycles. The largest absolute Gasteiger partial charge is 0.457 e. The van der Waals surface area contributed by atoms with Gasteiger partial charge in [0.15, 0.2) is 31.1 Å². The molecule has 7 aromatic rings. The summed E-state index contributed by atoms with van der Waals surface area (Å²) in [5.74, 6) is -1.26. The zero-order chi connectivity index (χ0) is 63.7. The number of aliphatic hydroxyl groups excluding tert-OH is 1. The van der Waals surface area contributed by atoms with Gasteiger partial charge in [0.25, 0.3) is 0 Å². The highest BCUT2D eigenvalue weighted by Gasteiger charge is 2.56. The van der Waals surface area contributed by atoms with Crippen molar-refractivity contribution in [1.82, 2.24) is 0 Å². The lowest BCUT2D eigenvalue weighted by Gasteiger charge is -2.50. The molecule has 7 aromatic carbocycles. The standard InChI is InChI=1S/C73H84N2O17/c1-50(76)87-65-61(48-80-42-53-27-12-4-13-28-53)91-72(81-40-24-39-74)69(85-46-57-35-20-8-21-36-57)68(65)92-71-62(75-58-37-22-9-23-38-58)66(83-44-55-31-16-6-17-32-55)63(78)59(89-71)49-86-73-70(88-51(2)77)67(84-45-56-33-18-7-19-34-56)64(82-43-54-29-14-5-15-30-54)60(90-73)47-79-41-52-25-10-3-11-26-52/h3-23,25-38,59-73,75,78H,24,39-49,74H2,1-2H3. The summed E-state index contributed by atoms with van der Waals surface area (Å²) in [6.45, 7) is 3.51. The Morgan fingerprint density at radius 1 is 0.402 bits per heavy atom. The molecule has 0 saturated carbocycles. The molecule has 92 heavy (non-hydrogen) atoms. The monoisotopic (exact) mass is 1260 g/mol. The first-order chi connectivity index (χ1) is 45.1. The number of benzene rings is 7. The summed E-state index contributed by atoms with van der Waals surface area (Å²) < 4.78 is 94.4. The molecule has 0 aliphatic carbocycles. The second kappa shape index (κ2) is 35.7. The molecule has 19 nitrogen and oxygen atoms in total. The Hall–Kier alpha value is -7.28. The van der Waals surface area contributed by atoms with Crippen molar-refractivity contribution in [3.05, 3.63) is 246 Å². The molecule has 3 fully saturated rings. The molecule has 3 aliphatic rings. The number of aliphatic hydroxyl groups is 1. The van der Waals surface area contributed by atoms with Crippen molar-refractivity contribution in [3.63, 3.8) is 0 Å². The molecule has 0 bridgehead atoms. The highest BCUT2D eigenvalue weighted by Crippen LogP contribution is 2.37. The van der Waals surface area contributed by atoms with Gasteiger partial charge in [-0.05, 0) is 58.5 Å². The van der Waals surface area contributed by atoms with E-state index in [0.717, 1.165) is 33.4 Å². The van der Waals surface area contributed by atoms with Crippen LogP contribution < -0.4 is 11.1 Å². The number of nitrogens with one attached hydrogen (secondary N) is 1. The van der Waals surface area contributed by atoms with E-state index in [4.69, 9.17) is 72.0 Å². The van der Waals surface area contributed by atoms with Crippen molar-refractivity contribution in [3.8, 4) is 0 Å². The fourth-order valence-corrected chi connectivity index (χ4v) is 11.3. The number of hydrogen-bond acceptors (Lipinski definition) is 19. The Labute approximate surface area is 538 Å². The first kappa shape index (κ1) is 67.6. The van der Waals surface area contributed by atoms with Gasteiger partial charge in [-0.3, -0.25) is 9.59 Å². The van der Waals surface area contributed by atoms with E-state index in [0.29, 0.717) is 18.7 Å². The third kappa shape index (κ3) is 19.9. The molecule has 0 spiro atoms. The number of anilines is 1. The molecule has 15 atom stereocenters. The van der Waals surface area contributed by atoms with Crippen molar-refractivity contribution in [2.45, 2.75) is 152 Å². The van der Waals surface area contributed by atoms with Gasteiger partial charge in [0.2, 0.25) is 0 Å². The number of hydrogen-bond donors (Lipinski definition) is 3. The van der Waals surface area contributed by atoms with Gasteiger partial charge in [-0.15, -0.1) is 0 Å². The maximum Gasteiger partial charge on any atom is 0.303 e. The van der Waals surface area contributed by atoms with Crippen molar-refractivity contribution in [2.75, 3.05) is 38.3 Å². The quantitative estimate of drug-likeness (QED) is 0.0257. The molecule has 10 rings (SSSR count). The number of rotatable bonds is 33. The first-order valence-electron chi connectivity index (χ1n) is 31.4. The smallest absolute Gasteiger partial charge is 0.303 e. The zero-order valence-electron chi connectivity index (χ0n) is 51.9. The van der Waals surface area contributed by atoms with Gasteiger partial charge in [0.1, 0.15) is 61.0 Å². The van der Waals surface area contributed by atoms with Crippen LogP contribution in [0.5, 0.6) is 0 Å². The Balaban J connectivity index is 1.02. The molecule has 0 amide bonds. The fraction of sp³-hybridized carbons (Fsp3) is 0.397. The minimum atomic E-state index is -1.46. The summed E-state index contributed by atoms with van der Waals surface area (Å²) in [7, 11) is 0. The summed E-state index contributed by atoms with van der Waals surface area (Å²) in [4.78, 5) is 27.0.